The second kappa shape index (κ2) is 7.31. The van der Waals surface area contributed by atoms with E-state index in [0.717, 1.165) is 12.0 Å². The number of hydrogen-bond acceptors (Lipinski definition) is 2. The van der Waals surface area contributed by atoms with Crippen LogP contribution in [-0.2, 0) is 11.4 Å². The zero-order valence-corrected chi connectivity index (χ0v) is 7.97. The fourth-order valence-corrected chi connectivity index (χ4v) is 0.583. The molecular formula is C10H15NO2. The largest absolute Gasteiger partial charge is 0.392 e. The molecule has 13 heavy (non-hydrogen) atoms. The van der Waals surface area contributed by atoms with Crippen molar-refractivity contribution in [3.63, 3.8) is 0 Å². The summed E-state index contributed by atoms with van der Waals surface area (Å²) in [5, 5.41) is 8.54. The number of carbonyl (C=O) groups excluding carboxylic acids is 1. The normalized spacial score (nSPS) is 8.23. The first-order valence-corrected chi connectivity index (χ1v) is 3.97. The summed E-state index contributed by atoms with van der Waals surface area (Å²) in [4.78, 5) is 10.9. The van der Waals surface area contributed by atoms with Gasteiger partial charge in [-0.25, -0.2) is 0 Å². The number of carbonyl (C=O) groups is 1. The Kier molecular flexibility index (Phi) is 6.55. The summed E-state index contributed by atoms with van der Waals surface area (Å²) in [5.74, 6) is 0. The molecule has 0 saturated carbocycles. The monoisotopic (exact) mass is 181 g/mol. The van der Waals surface area contributed by atoms with Crippen LogP contribution in [0.2, 0.25) is 0 Å². The quantitative estimate of drug-likeness (QED) is 0.688. The van der Waals surface area contributed by atoms with Crippen molar-refractivity contribution >= 4 is 6.41 Å². The van der Waals surface area contributed by atoms with E-state index in [0.29, 0.717) is 0 Å². The third kappa shape index (κ3) is 7.03. The number of aliphatic hydroxyl groups is 1. The molecule has 0 radical (unpaired) electrons. The van der Waals surface area contributed by atoms with E-state index in [1.165, 1.54) is 4.90 Å². The maximum Gasteiger partial charge on any atom is 0.209 e. The van der Waals surface area contributed by atoms with Gasteiger partial charge in [-0.05, 0) is 5.56 Å². The highest BCUT2D eigenvalue weighted by molar-refractivity contribution is 5.45. The van der Waals surface area contributed by atoms with Crippen molar-refractivity contribution in [1.29, 1.82) is 0 Å². The predicted octanol–water partition coefficient (Wildman–Crippen LogP) is 0.883. The van der Waals surface area contributed by atoms with Gasteiger partial charge in [-0.3, -0.25) is 4.79 Å². The molecule has 0 heterocycles. The second-order valence-electron chi connectivity index (χ2n) is 2.71. The van der Waals surface area contributed by atoms with Gasteiger partial charge in [0, 0.05) is 14.1 Å². The smallest absolute Gasteiger partial charge is 0.209 e. The Labute approximate surface area is 78.6 Å². The molecule has 0 bridgehead atoms. The first kappa shape index (κ1) is 11.6. The highest BCUT2D eigenvalue weighted by atomic mass is 16.3. The fourth-order valence-electron chi connectivity index (χ4n) is 0.583. The van der Waals surface area contributed by atoms with E-state index in [1.54, 1.807) is 14.1 Å². The van der Waals surface area contributed by atoms with Gasteiger partial charge in [0.15, 0.2) is 0 Å². The Morgan fingerprint density at radius 1 is 1.31 bits per heavy atom. The second-order valence-corrected chi connectivity index (χ2v) is 2.71. The lowest BCUT2D eigenvalue weighted by atomic mass is 10.2. The van der Waals surface area contributed by atoms with Crippen LogP contribution in [0.25, 0.3) is 0 Å². The molecule has 1 aromatic rings. The average molecular weight is 181 g/mol. The SMILES string of the molecule is CN(C)C=O.OCc1ccccc1. The minimum atomic E-state index is 0.140. The van der Waals surface area contributed by atoms with Gasteiger partial charge in [-0.15, -0.1) is 0 Å². The lowest BCUT2D eigenvalue weighted by molar-refractivity contribution is -0.115. The molecule has 0 aromatic heterocycles. The van der Waals surface area contributed by atoms with Crippen LogP contribution in [0.1, 0.15) is 5.56 Å². The molecule has 1 amide bonds. The molecule has 0 fully saturated rings. The van der Waals surface area contributed by atoms with Crippen LogP contribution in [0.15, 0.2) is 30.3 Å². The summed E-state index contributed by atoms with van der Waals surface area (Å²) in [6.07, 6.45) is 0.750. The van der Waals surface area contributed by atoms with Crippen LogP contribution in [0.3, 0.4) is 0 Å². The molecule has 0 aliphatic carbocycles. The van der Waals surface area contributed by atoms with Crippen molar-refractivity contribution in [3.05, 3.63) is 35.9 Å². The molecule has 1 aromatic carbocycles. The summed E-state index contributed by atoms with van der Waals surface area (Å²) in [5.41, 5.74) is 0.965. The molecule has 1 N–H and O–H groups in total. The summed E-state index contributed by atoms with van der Waals surface area (Å²) < 4.78 is 0. The first-order chi connectivity index (χ1) is 6.20. The minimum Gasteiger partial charge on any atom is -0.392 e. The molecule has 0 aliphatic rings. The van der Waals surface area contributed by atoms with Crippen molar-refractivity contribution in [2.45, 2.75) is 6.61 Å². The molecule has 0 saturated heterocycles. The average Bonchev–Trinajstić information content (AvgIpc) is 2.20. The standard InChI is InChI=1S/C7H8O.C3H7NO/c8-6-7-4-2-1-3-5-7;1-4(2)3-5/h1-5,8H,6H2;3H,1-2H3. The number of amides is 1. The van der Waals surface area contributed by atoms with E-state index in [-0.39, 0.29) is 6.61 Å². The molecule has 1 rings (SSSR count). The summed E-state index contributed by atoms with van der Waals surface area (Å²) >= 11 is 0. The number of aliphatic hydroxyl groups excluding tert-OH is 1. The molecule has 3 nitrogen and oxygen atoms in total. The van der Waals surface area contributed by atoms with Crippen molar-refractivity contribution in [1.82, 2.24) is 4.90 Å². The maximum atomic E-state index is 9.43. The van der Waals surface area contributed by atoms with Gasteiger partial charge >= 0.3 is 0 Å². The van der Waals surface area contributed by atoms with Crippen LogP contribution >= 0.6 is 0 Å². The predicted molar refractivity (Wildman–Crippen MR) is 52.1 cm³/mol. The van der Waals surface area contributed by atoms with Crippen LogP contribution in [0.4, 0.5) is 0 Å². The Bertz CT molecular complexity index is 222. The van der Waals surface area contributed by atoms with E-state index in [9.17, 15) is 4.79 Å². The molecule has 0 spiro atoms. The molecular weight excluding hydrogens is 166 g/mol. The number of hydrogen-bond donors (Lipinski definition) is 1. The van der Waals surface area contributed by atoms with Crippen molar-refractivity contribution in [2.24, 2.45) is 0 Å². The van der Waals surface area contributed by atoms with Gasteiger partial charge in [-0.1, -0.05) is 30.3 Å². The maximum absolute atomic E-state index is 9.43. The van der Waals surface area contributed by atoms with Crippen molar-refractivity contribution in [3.8, 4) is 0 Å². The Morgan fingerprint density at radius 3 is 2.00 bits per heavy atom. The fraction of sp³-hybridized carbons (Fsp3) is 0.300. The van der Waals surface area contributed by atoms with Crippen LogP contribution in [0, 0.1) is 0 Å². The molecule has 3 heteroatoms. The lowest BCUT2D eigenvalue weighted by Gasteiger charge is -1.93. The van der Waals surface area contributed by atoms with Crippen LogP contribution < -0.4 is 0 Å². The molecule has 0 unspecified atom stereocenters. The third-order valence-corrected chi connectivity index (χ3v) is 1.24. The third-order valence-electron chi connectivity index (χ3n) is 1.24. The van der Waals surface area contributed by atoms with Gasteiger partial charge in [-0.2, -0.15) is 0 Å². The lowest BCUT2D eigenvalue weighted by Crippen LogP contribution is -2.06. The van der Waals surface area contributed by atoms with E-state index in [2.05, 4.69) is 0 Å². The van der Waals surface area contributed by atoms with Crippen LogP contribution in [0.5, 0.6) is 0 Å². The van der Waals surface area contributed by atoms with Crippen molar-refractivity contribution < 1.29 is 9.90 Å². The highest BCUT2D eigenvalue weighted by Gasteiger charge is 1.81. The molecule has 72 valence electrons. The van der Waals surface area contributed by atoms with Gasteiger partial charge in [0.2, 0.25) is 6.41 Å². The van der Waals surface area contributed by atoms with Crippen molar-refractivity contribution in [2.75, 3.05) is 14.1 Å². The van der Waals surface area contributed by atoms with E-state index >= 15 is 0 Å². The minimum absolute atomic E-state index is 0.140. The van der Waals surface area contributed by atoms with Gasteiger partial charge in [0.25, 0.3) is 0 Å². The Morgan fingerprint density at radius 2 is 1.77 bits per heavy atom. The van der Waals surface area contributed by atoms with Gasteiger partial charge in [0.05, 0.1) is 6.61 Å². The molecule has 0 atom stereocenters. The van der Waals surface area contributed by atoms with Gasteiger partial charge < -0.3 is 10.0 Å². The molecule has 0 aliphatic heterocycles. The van der Waals surface area contributed by atoms with E-state index in [4.69, 9.17) is 5.11 Å². The Hall–Kier alpha value is -1.35. The van der Waals surface area contributed by atoms with Crippen LogP contribution in [-0.4, -0.2) is 30.5 Å². The number of rotatable bonds is 2. The van der Waals surface area contributed by atoms with Gasteiger partial charge in [0.1, 0.15) is 0 Å². The zero-order valence-electron chi connectivity index (χ0n) is 7.97. The summed E-state index contributed by atoms with van der Waals surface area (Å²) in [7, 11) is 3.38. The number of benzene rings is 1. The topological polar surface area (TPSA) is 40.5 Å². The number of nitrogens with zero attached hydrogens (tertiary/aromatic N) is 1. The van der Waals surface area contributed by atoms with E-state index in [1.807, 2.05) is 30.3 Å². The summed E-state index contributed by atoms with van der Waals surface area (Å²) in [6, 6.07) is 9.52. The zero-order chi connectivity index (χ0) is 10.1. The summed E-state index contributed by atoms with van der Waals surface area (Å²) in [6.45, 7) is 0.140. The van der Waals surface area contributed by atoms with E-state index < -0.39 is 0 Å². The highest BCUT2D eigenvalue weighted by Crippen LogP contribution is 1.95. The first-order valence-electron chi connectivity index (χ1n) is 3.97. The Balaban J connectivity index is 0.000000252.